The zero-order valence-corrected chi connectivity index (χ0v) is 15.0. The number of piperazine rings is 1. The molecular weight excluding hydrogens is 328 g/mol. The normalized spacial score (nSPS) is 14.7. The van der Waals surface area contributed by atoms with Gasteiger partial charge in [-0.3, -0.25) is 9.89 Å². The summed E-state index contributed by atoms with van der Waals surface area (Å²) in [6.07, 6.45) is 0. The molecule has 0 radical (unpaired) electrons. The Hall–Kier alpha value is -3.02. The number of benzene rings is 2. The fourth-order valence-electron chi connectivity index (χ4n) is 3.40. The van der Waals surface area contributed by atoms with Crippen molar-refractivity contribution >= 4 is 22.5 Å². The predicted octanol–water partition coefficient (Wildman–Crippen LogP) is 2.84. The van der Waals surface area contributed by atoms with Gasteiger partial charge in [-0.15, -0.1) is 0 Å². The van der Waals surface area contributed by atoms with Crippen molar-refractivity contribution in [3.8, 4) is 5.75 Å². The number of rotatable bonds is 3. The second kappa shape index (κ2) is 6.71. The highest BCUT2D eigenvalue weighted by atomic mass is 16.5. The van der Waals surface area contributed by atoms with E-state index in [1.165, 1.54) is 0 Å². The maximum atomic E-state index is 12.9. The molecule has 0 unspecified atom stereocenters. The molecule has 2 aromatic carbocycles. The van der Waals surface area contributed by atoms with Crippen molar-refractivity contribution in [2.24, 2.45) is 0 Å². The van der Waals surface area contributed by atoms with Crippen LogP contribution in [0.15, 0.2) is 42.5 Å². The lowest BCUT2D eigenvalue weighted by atomic mass is 10.1. The predicted molar refractivity (Wildman–Crippen MR) is 102 cm³/mol. The molecule has 1 aliphatic heterocycles. The number of hydrogen-bond acceptors (Lipinski definition) is 4. The molecule has 1 saturated heterocycles. The largest absolute Gasteiger partial charge is 0.497 e. The minimum absolute atomic E-state index is 0.00349. The molecule has 4 rings (SSSR count). The molecule has 1 amide bonds. The molecule has 1 N–H and O–H groups in total. The van der Waals surface area contributed by atoms with E-state index >= 15 is 0 Å². The fourth-order valence-corrected chi connectivity index (χ4v) is 3.40. The van der Waals surface area contributed by atoms with Crippen LogP contribution in [0.4, 0.5) is 5.69 Å². The van der Waals surface area contributed by atoms with E-state index in [-0.39, 0.29) is 5.91 Å². The van der Waals surface area contributed by atoms with E-state index in [0.29, 0.717) is 18.8 Å². The number of methoxy groups -OCH3 is 1. The van der Waals surface area contributed by atoms with Gasteiger partial charge in [-0.25, -0.2) is 0 Å². The summed E-state index contributed by atoms with van der Waals surface area (Å²) in [5, 5.41) is 8.12. The van der Waals surface area contributed by atoms with Gasteiger partial charge in [0.15, 0.2) is 5.69 Å². The van der Waals surface area contributed by atoms with Crippen LogP contribution in [0.3, 0.4) is 0 Å². The minimum Gasteiger partial charge on any atom is -0.497 e. The molecule has 26 heavy (non-hydrogen) atoms. The van der Waals surface area contributed by atoms with Crippen LogP contribution in [0.5, 0.6) is 5.75 Å². The Morgan fingerprint density at radius 2 is 1.81 bits per heavy atom. The Balaban J connectivity index is 1.46. The van der Waals surface area contributed by atoms with Gasteiger partial charge in [0.1, 0.15) is 5.75 Å². The molecule has 0 atom stereocenters. The number of H-pyrrole nitrogens is 1. The summed E-state index contributed by atoms with van der Waals surface area (Å²) >= 11 is 0. The molecule has 0 spiro atoms. The van der Waals surface area contributed by atoms with Crippen LogP contribution in [0.1, 0.15) is 16.1 Å². The van der Waals surface area contributed by atoms with Gasteiger partial charge >= 0.3 is 0 Å². The number of aromatic amines is 1. The van der Waals surface area contributed by atoms with Crippen LogP contribution in [0.2, 0.25) is 0 Å². The Morgan fingerprint density at radius 3 is 2.50 bits per heavy atom. The van der Waals surface area contributed by atoms with Crippen molar-refractivity contribution in [2.75, 3.05) is 38.2 Å². The van der Waals surface area contributed by atoms with Gasteiger partial charge < -0.3 is 14.5 Å². The van der Waals surface area contributed by atoms with Crippen molar-refractivity contribution in [1.82, 2.24) is 15.1 Å². The quantitative estimate of drug-likeness (QED) is 0.789. The first-order chi connectivity index (χ1) is 12.7. The average molecular weight is 350 g/mol. The lowest BCUT2D eigenvalue weighted by molar-refractivity contribution is 0.0743. The van der Waals surface area contributed by atoms with Gasteiger partial charge in [-0.2, -0.15) is 5.10 Å². The number of nitrogens with zero attached hydrogens (tertiary/aromatic N) is 3. The minimum atomic E-state index is -0.00349. The number of aryl methyl sites for hydroxylation is 1. The smallest absolute Gasteiger partial charge is 0.275 e. The molecule has 2 heterocycles. The zero-order chi connectivity index (χ0) is 18.1. The van der Waals surface area contributed by atoms with E-state index in [0.717, 1.165) is 41.0 Å². The highest BCUT2D eigenvalue weighted by Gasteiger charge is 2.25. The highest BCUT2D eigenvalue weighted by molar-refractivity contribution is 6.04. The average Bonchev–Trinajstić information content (AvgIpc) is 3.10. The number of aromatic nitrogens is 2. The molecule has 0 aliphatic carbocycles. The van der Waals surface area contributed by atoms with E-state index in [9.17, 15) is 4.79 Å². The monoisotopic (exact) mass is 350 g/mol. The summed E-state index contributed by atoms with van der Waals surface area (Å²) < 4.78 is 5.21. The van der Waals surface area contributed by atoms with Gasteiger partial charge in [0, 0.05) is 37.3 Å². The summed E-state index contributed by atoms with van der Waals surface area (Å²) in [6, 6.07) is 14.0. The number of carbonyl (C=O) groups excluding carboxylic acids is 1. The van der Waals surface area contributed by atoms with Crippen molar-refractivity contribution in [1.29, 1.82) is 0 Å². The Morgan fingerprint density at radius 1 is 1.08 bits per heavy atom. The van der Waals surface area contributed by atoms with Gasteiger partial charge in [0.25, 0.3) is 5.91 Å². The maximum absolute atomic E-state index is 12.9. The SMILES string of the molecule is COc1ccc(N2CCN(C(=O)c3n[nH]c4ccc(C)cc34)CC2)cc1. The molecule has 1 aliphatic rings. The number of nitrogens with one attached hydrogen (secondary N) is 1. The number of fused-ring (bicyclic) bond motifs is 1. The number of anilines is 1. The summed E-state index contributed by atoms with van der Waals surface area (Å²) in [5.41, 5.74) is 3.69. The number of carbonyl (C=O) groups is 1. The molecule has 6 nitrogen and oxygen atoms in total. The lowest BCUT2D eigenvalue weighted by Gasteiger charge is -2.35. The van der Waals surface area contributed by atoms with Crippen LogP contribution in [-0.4, -0.2) is 54.3 Å². The number of amides is 1. The third kappa shape index (κ3) is 2.98. The van der Waals surface area contributed by atoms with Gasteiger partial charge in [-0.05, 0) is 43.3 Å². The summed E-state index contributed by atoms with van der Waals surface area (Å²) in [5.74, 6) is 0.847. The molecular formula is C20H22N4O2. The van der Waals surface area contributed by atoms with Crippen LogP contribution in [-0.2, 0) is 0 Å². The van der Waals surface area contributed by atoms with Crippen molar-refractivity contribution < 1.29 is 9.53 Å². The Kier molecular flexibility index (Phi) is 4.24. The van der Waals surface area contributed by atoms with Crippen LogP contribution in [0, 0.1) is 6.92 Å². The van der Waals surface area contributed by atoms with E-state index in [4.69, 9.17) is 4.74 Å². The summed E-state index contributed by atoms with van der Waals surface area (Å²) in [4.78, 5) is 17.1. The van der Waals surface area contributed by atoms with Gasteiger partial charge in [0.2, 0.25) is 0 Å². The Labute approximate surface area is 152 Å². The first-order valence-corrected chi connectivity index (χ1v) is 8.79. The Bertz CT molecular complexity index is 925. The highest BCUT2D eigenvalue weighted by Crippen LogP contribution is 2.22. The number of ether oxygens (including phenoxy) is 1. The first kappa shape index (κ1) is 16.4. The molecule has 6 heteroatoms. The third-order valence-corrected chi connectivity index (χ3v) is 4.93. The van der Waals surface area contributed by atoms with Gasteiger partial charge in [0.05, 0.1) is 12.6 Å². The molecule has 1 fully saturated rings. The lowest BCUT2D eigenvalue weighted by Crippen LogP contribution is -2.48. The standard InChI is InChI=1S/C20H22N4O2/c1-14-3-8-18-17(13-14)19(22-21-18)20(25)24-11-9-23(10-12-24)15-4-6-16(26-2)7-5-15/h3-8,13H,9-12H2,1-2H3,(H,21,22). The van der Waals surface area contributed by atoms with Crippen molar-refractivity contribution in [2.45, 2.75) is 6.92 Å². The van der Waals surface area contributed by atoms with Gasteiger partial charge in [-0.1, -0.05) is 11.6 Å². The third-order valence-electron chi connectivity index (χ3n) is 4.93. The summed E-state index contributed by atoms with van der Waals surface area (Å²) in [6.45, 7) is 5.00. The molecule has 0 bridgehead atoms. The zero-order valence-electron chi connectivity index (χ0n) is 15.0. The second-order valence-corrected chi connectivity index (χ2v) is 6.60. The van der Waals surface area contributed by atoms with E-state index in [1.807, 2.05) is 42.2 Å². The van der Waals surface area contributed by atoms with Crippen LogP contribution in [0.25, 0.3) is 10.9 Å². The van der Waals surface area contributed by atoms with Crippen LogP contribution < -0.4 is 9.64 Å². The van der Waals surface area contributed by atoms with Crippen molar-refractivity contribution in [3.63, 3.8) is 0 Å². The molecule has 3 aromatic rings. The second-order valence-electron chi connectivity index (χ2n) is 6.60. The van der Waals surface area contributed by atoms with E-state index < -0.39 is 0 Å². The molecule has 1 aromatic heterocycles. The maximum Gasteiger partial charge on any atom is 0.275 e. The molecule has 134 valence electrons. The van der Waals surface area contributed by atoms with Crippen molar-refractivity contribution in [3.05, 3.63) is 53.7 Å². The van der Waals surface area contributed by atoms with Crippen LogP contribution >= 0.6 is 0 Å². The summed E-state index contributed by atoms with van der Waals surface area (Å²) in [7, 11) is 1.67. The number of hydrogen-bond donors (Lipinski definition) is 1. The topological polar surface area (TPSA) is 61.5 Å². The fraction of sp³-hybridized carbons (Fsp3) is 0.300. The molecule has 0 saturated carbocycles. The first-order valence-electron chi connectivity index (χ1n) is 8.79. The van der Waals surface area contributed by atoms with E-state index in [2.05, 4.69) is 27.2 Å². The van der Waals surface area contributed by atoms with E-state index in [1.54, 1.807) is 7.11 Å².